The van der Waals surface area contributed by atoms with E-state index >= 15 is 0 Å². The fourth-order valence-corrected chi connectivity index (χ4v) is 3.39. The molecule has 7 heteroatoms. The Kier molecular flexibility index (Phi) is 3.72. The van der Waals surface area contributed by atoms with Crippen LogP contribution in [0, 0.1) is 0 Å². The van der Waals surface area contributed by atoms with E-state index in [1.165, 1.54) is 30.4 Å². The molecule has 1 unspecified atom stereocenters. The van der Waals surface area contributed by atoms with Crippen molar-refractivity contribution in [3.8, 4) is 0 Å². The summed E-state index contributed by atoms with van der Waals surface area (Å²) in [4.78, 5) is 8.73. The van der Waals surface area contributed by atoms with Crippen LogP contribution in [0.2, 0.25) is 0 Å². The monoisotopic (exact) mass is 314 g/mol. The van der Waals surface area contributed by atoms with Crippen LogP contribution in [0.3, 0.4) is 0 Å². The Morgan fingerprint density at radius 1 is 1.26 bits per heavy atom. The number of hydrogen-bond donors (Lipinski definition) is 0. The predicted octanol–water partition coefficient (Wildman–Crippen LogP) is 1.62. The first-order valence-corrected chi connectivity index (χ1v) is 8.31. The lowest BCUT2D eigenvalue weighted by molar-refractivity contribution is 0.131. The summed E-state index contributed by atoms with van der Waals surface area (Å²) >= 11 is 0. The van der Waals surface area contributed by atoms with Crippen LogP contribution in [0.4, 0.5) is 5.82 Å². The summed E-state index contributed by atoms with van der Waals surface area (Å²) in [7, 11) is 2.11. The number of fused-ring (bicyclic) bond motifs is 1. The minimum atomic E-state index is 0.124. The smallest absolute Gasteiger partial charge is 0.243 e. The zero-order valence-corrected chi connectivity index (χ0v) is 13.6. The van der Waals surface area contributed by atoms with Crippen LogP contribution in [0.1, 0.15) is 43.0 Å². The van der Waals surface area contributed by atoms with E-state index in [2.05, 4.69) is 50.2 Å². The van der Waals surface area contributed by atoms with Gasteiger partial charge in [0.2, 0.25) is 5.89 Å². The summed E-state index contributed by atoms with van der Waals surface area (Å²) in [6.07, 6.45) is 6.19. The Bertz CT molecular complexity index is 667. The second kappa shape index (κ2) is 5.88. The highest BCUT2D eigenvalue weighted by Crippen LogP contribution is 2.28. The Labute approximate surface area is 135 Å². The van der Waals surface area contributed by atoms with E-state index in [0.29, 0.717) is 11.9 Å². The predicted molar refractivity (Wildman–Crippen MR) is 85.2 cm³/mol. The molecule has 7 nitrogen and oxygen atoms in total. The first-order chi connectivity index (χ1) is 11.2. The molecular formula is C16H22N6O. The second-order valence-electron chi connectivity index (χ2n) is 6.56. The van der Waals surface area contributed by atoms with E-state index in [1.54, 1.807) is 0 Å². The maximum atomic E-state index is 5.17. The van der Waals surface area contributed by atoms with E-state index in [-0.39, 0.29) is 6.04 Å². The Hall–Kier alpha value is -2.02. The van der Waals surface area contributed by atoms with Gasteiger partial charge in [-0.05, 0) is 51.3 Å². The number of likely N-dealkylation sites (N-methyl/N-ethyl adjacent to an activating group) is 1. The minimum absolute atomic E-state index is 0.124. The third-order valence-electron chi connectivity index (χ3n) is 5.17. The normalized spacial score (nSPS) is 19.5. The average Bonchev–Trinajstić information content (AvgIpc) is 3.07. The zero-order chi connectivity index (χ0) is 15.8. The topological polar surface area (TPSA) is 71.2 Å². The van der Waals surface area contributed by atoms with E-state index in [1.807, 2.05) is 0 Å². The molecule has 1 atom stereocenters. The number of rotatable bonds is 4. The molecule has 1 aliphatic carbocycles. The Morgan fingerprint density at radius 2 is 2.09 bits per heavy atom. The van der Waals surface area contributed by atoms with Crippen molar-refractivity contribution < 1.29 is 4.52 Å². The molecule has 2 aromatic rings. The van der Waals surface area contributed by atoms with Crippen LogP contribution >= 0.6 is 0 Å². The molecular weight excluding hydrogens is 292 g/mol. The van der Waals surface area contributed by atoms with Crippen LogP contribution < -0.4 is 4.90 Å². The Balaban J connectivity index is 1.39. The van der Waals surface area contributed by atoms with Gasteiger partial charge in [-0.1, -0.05) is 5.16 Å². The molecule has 0 bridgehead atoms. The third-order valence-corrected chi connectivity index (χ3v) is 5.17. The highest BCUT2D eigenvalue weighted by Gasteiger charge is 2.35. The lowest BCUT2D eigenvalue weighted by Gasteiger charge is -2.46. The van der Waals surface area contributed by atoms with Crippen LogP contribution in [-0.2, 0) is 12.8 Å². The molecule has 0 N–H and O–H groups in total. The molecule has 0 aromatic carbocycles. The number of aromatic nitrogens is 4. The molecule has 0 saturated carbocycles. The van der Waals surface area contributed by atoms with Gasteiger partial charge in [-0.2, -0.15) is 10.1 Å². The summed E-state index contributed by atoms with van der Waals surface area (Å²) in [6.45, 7) is 4.01. The van der Waals surface area contributed by atoms with Crippen LogP contribution in [0.5, 0.6) is 0 Å². The SMILES string of the molecule is CC(c1ncno1)N(C)C1CN(c2cc3c(nn2)CCCC3)C1. The van der Waals surface area contributed by atoms with Gasteiger partial charge >= 0.3 is 0 Å². The summed E-state index contributed by atoms with van der Waals surface area (Å²) in [5.74, 6) is 1.68. The molecule has 2 aromatic heterocycles. The van der Waals surface area contributed by atoms with Gasteiger partial charge in [0.25, 0.3) is 0 Å². The number of anilines is 1. The van der Waals surface area contributed by atoms with E-state index < -0.39 is 0 Å². The molecule has 0 amide bonds. The fraction of sp³-hybridized carbons (Fsp3) is 0.625. The summed E-state index contributed by atoms with van der Waals surface area (Å²) < 4.78 is 5.17. The molecule has 23 heavy (non-hydrogen) atoms. The summed E-state index contributed by atoms with van der Waals surface area (Å²) in [6, 6.07) is 2.83. The summed E-state index contributed by atoms with van der Waals surface area (Å²) in [5.41, 5.74) is 2.58. The minimum Gasteiger partial charge on any atom is -0.352 e. The van der Waals surface area contributed by atoms with Crippen molar-refractivity contribution in [1.82, 2.24) is 25.2 Å². The van der Waals surface area contributed by atoms with Crippen molar-refractivity contribution in [3.05, 3.63) is 29.5 Å². The van der Waals surface area contributed by atoms with E-state index in [0.717, 1.165) is 31.7 Å². The molecule has 0 radical (unpaired) electrons. The second-order valence-corrected chi connectivity index (χ2v) is 6.56. The van der Waals surface area contributed by atoms with Crippen LogP contribution in [0.15, 0.2) is 16.9 Å². The van der Waals surface area contributed by atoms with Gasteiger partial charge in [0.15, 0.2) is 12.1 Å². The maximum absolute atomic E-state index is 5.17. The number of aryl methyl sites for hydroxylation is 2. The number of nitrogens with zero attached hydrogens (tertiary/aromatic N) is 6. The molecule has 1 aliphatic heterocycles. The molecule has 4 rings (SSSR count). The lowest BCUT2D eigenvalue weighted by Crippen LogP contribution is -2.59. The van der Waals surface area contributed by atoms with Gasteiger partial charge in [-0.3, -0.25) is 4.90 Å². The molecule has 1 saturated heterocycles. The fourth-order valence-electron chi connectivity index (χ4n) is 3.39. The highest BCUT2D eigenvalue weighted by molar-refractivity contribution is 5.45. The zero-order valence-electron chi connectivity index (χ0n) is 13.6. The first-order valence-electron chi connectivity index (χ1n) is 8.31. The van der Waals surface area contributed by atoms with Gasteiger partial charge in [-0.25, -0.2) is 0 Å². The van der Waals surface area contributed by atoms with Crippen molar-refractivity contribution in [3.63, 3.8) is 0 Å². The lowest BCUT2D eigenvalue weighted by atomic mass is 9.96. The standard InChI is InChI=1S/C16H22N6O/c1-11(16-17-10-18-23-16)21(2)13-8-22(9-13)15-7-12-5-3-4-6-14(12)19-20-15/h7,10-11,13H,3-6,8-9H2,1-2H3. The highest BCUT2D eigenvalue weighted by atomic mass is 16.5. The molecule has 122 valence electrons. The Morgan fingerprint density at radius 3 is 2.87 bits per heavy atom. The van der Waals surface area contributed by atoms with Gasteiger partial charge in [0.05, 0.1) is 11.7 Å². The molecule has 1 fully saturated rings. The van der Waals surface area contributed by atoms with Crippen molar-refractivity contribution >= 4 is 5.82 Å². The summed E-state index contributed by atoms with van der Waals surface area (Å²) in [5, 5.41) is 12.5. The van der Waals surface area contributed by atoms with Crippen LogP contribution in [-0.4, -0.2) is 51.4 Å². The van der Waals surface area contributed by atoms with Gasteiger partial charge in [0, 0.05) is 19.1 Å². The van der Waals surface area contributed by atoms with Crippen molar-refractivity contribution in [2.24, 2.45) is 0 Å². The van der Waals surface area contributed by atoms with Gasteiger partial charge in [0.1, 0.15) is 0 Å². The molecule has 2 aliphatic rings. The van der Waals surface area contributed by atoms with Gasteiger partial charge in [-0.15, -0.1) is 5.10 Å². The maximum Gasteiger partial charge on any atom is 0.243 e. The van der Waals surface area contributed by atoms with E-state index in [9.17, 15) is 0 Å². The van der Waals surface area contributed by atoms with Crippen molar-refractivity contribution in [2.45, 2.75) is 44.7 Å². The largest absolute Gasteiger partial charge is 0.352 e. The quantitative estimate of drug-likeness (QED) is 0.849. The average molecular weight is 314 g/mol. The first kappa shape index (κ1) is 14.6. The molecule has 3 heterocycles. The molecule has 0 spiro atoms. The number of hydrogen-bond acceptors (Lipinski definition) is 7. The van der Waals surface area contributed by atoms with Gasteiger partial charge < -0.3 is 9.42 Å². The van der Waals surface area contributed by atoms with Crippen molar-refractivity contribution in [2.75, 3.05) is 25.0 Å². The van der Waals surface area contributed by atoms with E-state index in [4.69, 9.17) is 4.52 Å². The van der Waals surface area contributed by atoms with Crippen LogP contribution in [0.25, 0.3) is 0 Å². The third kappa shape index (κ3) is 2.69. The van der Waals surface area contributed by atoms with Crippen molar-refractivity contribution in [1.29, 1.82) is 0 Å².